The zero-order valence-electron chi connectivity index (χ0n) is 13.4. The Balaban J connectivity index is 2.22. The molecule has 4 unspecified atom stereocenters. The van der Waals surface area contributed by atoms with Gasteiger partial charge in [0.1, 0.15) is 0 Å². The third kappa shape index (κ3) is 2.80. The molecule has 1 aromatic carbocycles. The van der Waals surface area contributed by atoms with E-state index < -0.39 is 0 Å². The van der Waals surface area contributed by atoms with E-state index in [0.717, 1.165) is 5.56 Å². The van der Waals surface area contributed by atoms with E-state index in [1.54, 1.807) is 0 Å². The van der Waals surface area contributed by atoms with Crippen LogP contribution in [0.1, 0.15) is 57.5 Å². The lowest BCUT2D eigenvalue weighted by atomic mass is 9.82. The zero-order chi connectivity index (χ0) is 15.1. The number of carbonyl (C=O) groups excluding carboxylic acids is 1. The number of ether oxygens (including phenoxy) is 1. The van der Waals surface area contributed by atoms with E-state index in [4.69, 9.17) is 4.74 Å². The summed E-state index contributed by atoms with van der Waals surface area (Å²) in [4.78, 5) is 12.7. The number of ketones is 1. The molecule has 0 bridgehead atoms. The average molecular weight is 274 g/mol. The number of rotatable bonds is 2. The lowest BCUT2D eigenvalue weighted by molar-refractivity contribution is 0.0491. The molecule has 110 valence electrons. The van der Waals surface area contributed by atoms with Gasteiger partial charge in [0, 0.05) is 5.56 Å². The summed E-state index contributed by atoms with van der Waals surface area (Å²) in [7, 11) is 0. The number of Topliss-reactive ketones (excluding diaryl/α,β-unsaturated/α-hetero) is 1. The second-order valence-electron chi connectivity index (χ2n) is 7.12. The molecule has 0 amide bonds. The Morgan fingerprint density at radius 3 is 1.95 bits per heavy atom. The maximum Gasteiger partial charge on any atom is 0.168 e. The molecule has 20 heavy (non-hydrogen) atoms. The van der Waals surface area contributed by atoms with Gasteiger partial charge >= 0.3 is 0 Å². The third-order valence-electron chi connectivity index (χ3n) is 4.58. The normalized spacial score (nSPS) is 30.5. The fraction of sp³-hybridized carbons (Fsp3) is 0.611. The summed E-state index contributed by atoms with van der Waals surface area (Å²) in [6, 6.07) is 8.07. The average Bonchev–Trinajstić information content (AvgIpc) is 2.62. The standard InChI is InChI=1S/C18H26O2/c1-11-12(2)20-13(3)16(11)17(19)14-7-9-15(10-8-14)18(4,5)6/h7-13,16H,1-6H3. The molecule has 2 heteroatoms. The van der Waals surface area contributed by atoms with Gasteiger partial charge in [-0.05, 0) is 30.7 Å². The van der Waals surface area contributed by atoms with Gasteiger partial charge in [0.15, 0.2) is 5.78 Å². The molecule has 2 rings (SSSR count). The van der Waals surface area contributed by atoms with Crippen LogP contribution in [0.25, 0.3) is 0 Å². The monoisotopic (exact) mass is 274 g/mol. The number of hydrogen-bond acceptors (Lipinski definition) is 2. The summed E-state index contributed by atoms with van der Waals surface area (Å²) < 4.78 is 5.79. The first kappa shape index (κ1) is 15.2. The maximum absolute atomic E-state index is 12.7. The largest absolute Gasteiger partial charge is 0.374 e. The van der Waals surface area contributed by atoms with Gasteiger partial charge in [-0.2, -0.15) is 0 Å². The summed E-state index contributed by atoms with van der Waals surface area (Å²) in [5, 5.41) is 0. The van der Waals surface area contributed by atoms with Gasteiger partial charge in [-0.3, -0.25) is 4.79 Å². The molecule has 0 aliphatic carbocycles. The molecule has 0 aromatic heterocycles. The Morgan fingerprint density at radius 2 is 1.55 bits per heavy atom. The van der Waals surface area contributed by atoms with E-state index in [0.29, 0.717) is 0 Å². The van der Waals surface area contributed by atoms with Crippen LogP contribution in [0.2, 0.25) is 0 Å². The van der Waals surface area contributed by atoms with Crippen LogP contribution in [0.4, 0.5) is 0 Å². The molecule has 0 radical (unpaired) electrons. The van der Waals surface area contributed by atoms with Crippen LogP contribution in [0.3, 0.4) is 0 Å². The molecule has 1 aliphatic rings. The second kappa shape index (κ2) is 5.33. The van der Waals surface area contributed by atoms with E-state index in [1.165, 1.54) is 5.56 Å². The van der Waals surface area contributed by atoms with Gasteiger partial charge < -0.3 is 4.74 Å². The van der Waals surface area contributed by atoms with Crippen molar-refractivity contribution in [3.8, 4) is 0 Å². The highest BCUT2D eigenvalue weighted by atomic mass is 16.5. The SMILES string of the molecule is CC1OC(C)C(C(=O)c2ccc(C(C)(C)C)cc2)C1C. The molecular formula is C18H26O2. The van der Waals surface area contributed by atoms with Crippen molar-refractivity contribution in [2.24, 2.45) is 11.8 Å². The quantitative estimate of drug-likeness (QED) is 0.754. The van der Waals surface area contributed by atoms with Gasteiger partial charge in [-0.25, -0.2) is 0 Å². The van der Waals surface area contributed by atoms with Crippen molar-refractivity contribution in [1.82, 2.24) is 0 Å². The molecule has 1 heterocycles. The van der Waals surface area contributed by atoms with Crippen molar-refractivity contribution >= 4 is 5.78 Å². The summed E-state index contributed by atoms with van der Waals surface area (Å²) in [5.74, 6) is 0.472. The Bertz CT molecular complexity index is 481. The van der Waals surface area contributed by atoms with Crippen molar-refractivity contribution in [2.45, 2.75) is 59.2 Å². The van der Waals surface area contributed by atoms with E-state index >= 15 is 0 Å². The Hall–Kier alpha value is -1.15. The highest BCUT2D eigenvalue weighted by Crippen LogP contribution is 2.34. The van der Waals surface area contributed by atoms with Crippen LogP contribution in [0.15, 0.2) is 24.3 Å². The van der Waals surface area contributed by atoms with Gasteiger partial charge in [0.25, 0.3) is 0 Å². The van der Waals surface area contributed by atoms with Gasteiger partial charge in [0.05, 0.1) is 18.1 Å². The maximum atomic E-state index is 12.7. The van der Waals surface area contributed by atoms with Crippen molar-refractivity contribution < 1.29 is 9.53 Å². The Labute approximate surface area is 122 Å². The van der Waals surface area contributed by atoms with Crippen LogP contribution in [0.5, 0.6) is 0 Å². The number of carbonyl (C=O) groups is 1. The van der Waals surface area contributed by atoms with E-state index in [9.17, 15) is 4.79 Å². The Kier molecular flexibility index (Phi) is 4.06. The fourth-order valence-electron chi connectivity index (χ4n) is 3.05. The first-order valence-electron chi connectivity index (χ1n) is 7.52. The van der Waals surface area contributed by atoms with Gasteiger partial charge in [0.2, 0.25) is 0 Å². The molecule has 1 aromatic rings. The lowest BCUT2D eigenvalue weighted by Gasteiger charge is -2.20. The van der Waals surface area contributed by atoms with Crippen molar-refractivity contribution in [3.63, 3.8) is 0 Å². The van der Waals surface area contributed by atoms with Crippen LogP contribution >= 0.6 is 0 Å². The molecule has 1 aliphatic heterocycles. The summed E-state index contributed by atoms with van der Waals surface area (Å²) in [6.07, 6.45) is 0.169. The topological polar surface area (TPSA) is 26.3 Å². The lowest BCUT2D eigenvalue weighted by Crippen LogP contribution is -2.27. The van der Waals surface area contributed by atoms with Gasteiger partial charge in [-0.1, -0.05) is 52.0 Å². The van der Waals surface area contributed by atoms with Crippen molar-refractivity contribution in [2.75, 3.05) is 0 Å². The first-order chi connectivity index (χ1) is 9.21. The minimum Gasteiger partial charge on any atom is -0.374 e. The number of hydrogen-bond donors (Lipinski definition) is 0. The molecule has 0 saturated carbocycles. The minimum absolute atomic E-state index is 0.00907. The molecule has 1 fully saturated rings. The molecule has 0 N–H and O–H groups in total. The Morgan fingerprint density at radius 1 is 1.00 bits per heavy atom. The smallest absolute Gasteiger partial charge is 0.168 e. The van der Waals surface area contributed by atoms with Crippen molar-refractivity contribution in [3.05, 3.63) is 35.4 Å². The molecule has 4 atom stereocenters. The predicted molar refractivity (Wildman–Crippen MR) is 82.1 cm³/mol. The predicted octanol–water partition coefficient (Wildman–Crippen LogP) is 4.23. The molecular weight excluding hydrogens is 248 g/mol. The van der Waals surface area contributed by atoms with E-state index in [-0.39, 0.29) is 35.2 Å². The summed E-state index contributed by atoms with van der Waals surface area (Å²) >= 11 is 0. The first-order valence-corrected chi connectivity index (χ1v) is 7.52. The highest BCUT2D eigenvalue weighted by molar-refractivity contribution is 5.98. The molecule has 1 saturated heterocycles. The van der Waals surface area contributed by atoms with E-state index in [1.807, 2.05) is 19.1 Å². The van der Waals surface area contributed by atoms with Crippen LogP contribution < -0.4 is 0 Å². The fourth-order valence-corrected chi connectivity index (χ4v) is 3.05. The second-order valence-corrected chi connectivity index (χ2v) is 7.12. The summed E-state index contributed by atoms with van der Waals surface area (Å²) in [5.41, 5.74) is 2.18. The zero-order valence-corrected chi connectivity index (χ0v) is 13.4. The van der Waals surface area contributed by atoms with Crippen LogP contribution in [0, 0.1) is 11.8 Å². The highest BCUT2D eigenvalue weighted by Gasteiger charge is 2.41. The molecule has 2 nitrogen and oxygen atoms in total. The van der Waals surface area contributed by atoms with Crippen LogP contribution in [-0.2, 0) is 10.2 Å². The molecule has 0 spiro atoms. The summed E-state index contributed by atoms with van der Waals surface area (Å²) in [6.45, 7) is 12.7. The van der Waals surface area contributed by atoms with Crippen molar-refractivity contribution in [1.29, 1.82) is 0 Å². The van der Waals surface area contributed by atoms with E-state index in [2.05, 4.69) is 46.8 Å². The third-order valence-corrected chi connectivity index (χ3v) is 4.58. The van der Waals surface area contributed by atoms with Gasteiger partial charge in [-0.15, -0.1) is 0 Å². The minimum atomic E-state index is -0.0227. The van der Waals surface area contributed by atoms with Crippen LogP contribution in [-0.4, -0.2) is 18.0 Å². The number of benzene rings is 1.